The molecule has 0 aliphatic carbocycles. The molecule has 1 aromatic heterocycles. The van der Waals surface area contributed by atoms with Gasteiger partial charge in [-0.15, -0.1) is 23.1 Å². The van der Waals surface area contributed by atoms with Crippen LogP contribution in [0.2, 0.25) is 0 Å². The standard InChI is InChI=1S/C13H11F3S2/c1-2-17-11-7-8-18-12(11)9-3-5-10(6-4-9)13(14,15)16/h3-8H,2H2,1H3. The first-order valence-electron chi connectivity index (χ1n) is 5.40. The van der Waals surface area contributed by atoms with Crippen molar-refractivity contribution in [1.82, 2.24) is 0 Å². The Morgan fingerprint density at radius 1 is 1.11 bits per heavy atom. The molecule has 0 saturated heterocycles. The highest BCUT2D eigenvalue weighted by Crippen LogP contribution is 2.37. The number of benzene rings is 1. The zero-order valence-corrected chi connectivity index (χ0v) is 11.3. The van der Waals surface area contributed by atoms with Gasteiger partial charge in [0.2, 0.25) is 0 Å². The molecule has 0 bridgehead atoms. The van der Waals surface area contributed by atoms with E-state index >= 15 is 0 Å². The molecule has 0 unspecified atom stereocenters. The highest BCUT2D eigenvalue weighted by molar-refractivity contribution is 7.99. The van der Waals surface area contributed by atoms with E-state index in [1.54, 1.807) is 23.1 Å². The topological polar surface area (TPSA) is 0 Å². The maximum atomic E-state index is 12.5. The molecule has 0 N–H and O–H groups in total. The molecule has 0 spiro atoms. The maximum Gasteiger partial charge on any atom is 0.416 e. The Hall–Kier alpha value is -0.940. The van der Waals surface area contributed by atoms with Crippen LogP contribution in [0, 0.1) is 0 Å². The molecule has 0 aliphatic rings. The van der Waals surface area contributed by atoms with Crippen LogP contribution in [-0.2, 0) is 6.18 Å². The first kappa shape index (κ1) is 13.5. The van der Waals surface area contributed by atoms with E-state index in [2.05, 4.69) is 6.92 Å². The molecule has 2 aromatic rings. The molecule has 0 aliphatic heterocycles. The maximum absolute atomic E-state index is 12.5. The Kier molecular flexibility index (Phi) is 4.02. The molecular weight excluding hydrogens is 277 g/mol. The predicted octanol–water partition coefficient (Wildman–Crippen LogP) is 5.55. The van der Waals surface area contributed by atoms with Crippen molar-refractivity contribution in [2.75, 3.05) is 5.75 Å². The number of alkyl halides is 3. The average Bonchev–Trinajstić information content (AvgIpc) is 2.77. The SMILES string of the molecule is CCSc1ccsc1-c1ccc(C(F)(F)F)cc1. The van der Waals surface area contributed by atoms with Crippen LogP contribution in [0.25, 0.3) is 10.4 Å². The number of halogens is 3. The third-order valence-electron chi connectivity index (χ3n) is 2.40. The van der Waals surface area contributed by atoms with Crippen LogP contribution in [0.4, 0.5) is 13.2 Å². The fourth-order valence-electron chi connectivity index (χ4n) is 1.59. The van der Waals surface area contributed by atoms with Crippen LogP contribution in [0.15, 0.2) is 40.6 Å². The van der Waals surface area contributed by atoms with E-state index in [9.17, 15) is 13.2 Å². The van der Waals surface area contributed by atoms with Crippen molar-refractivity contribution in [2.24, 2.45) is 0 Å². The molecule has 0 amide bonds. The Bertz CT molecular complexity index is 512. The summed E-state index contributed by atoms with van der Waals surface area (Å²) >= 11 is 3.26. The lowest BCUT2D eigenvalue weighted by molar-refractivity contribution is -0.137. The summed E-state index contributed by atoms with van der Waals surface area (Å²) in [6, 6.07) is 7.35. The molecule has 1 aromatic carbocycles. The van der Waals surface area contributed by atoms with Gasteiger partial charge in [-0.25, -0.2) is 0 Å². The van der Waals surface area contributed by atoms with E-state index in [1.807, 2.05) is 11.4 Å². The van der Waals surface area contributed by atoms with E-state index in [-0.39, 0.29) is 0 Å². The van der Waals surface area contributed by atoms with Crippen LogP contribution in [0.3, 0.4) is 0 Å². The van der Waals surface area contributed by atoms with Crippen molar-refractivity contribution in [3.05, 3.63) is 41.3 Å². The fourth-order valence-corrected chi connectivity index (χ4v) is 3.52. The van der Waals surface area contributed by atoms with Gasteiger partial charge in [-0.1, -0.05) is 19.1 Å². The summed E-state index contributed by atoms with van der Waals surface area (Å²) in [6.45, 7) is 2.05. The Morgan fingerprint density at radius 2 is 1.78 bits per heavy atom. The molecule has 5 heteroatoms. The summed E-state index contributed by atoms with van der Waals surface area (Å²) in [4.78, 5) is 2.16. The highest BCUT2D eigenvalue weighted by Gasteiger charge is 2.30. The smallest absolute Gasteiger partial charge is 0.166 e. The van der Waals surface area contributed by atoms with Crippen molar-refractivity contribution in [3.63, 3.8) is 0 Å². The van der Waals surface area contributed by atoms with E-state index in [0.717, 1.165) is 33.2 Å². The molecule has 0 nitrogen and oxygen atoms in total. The zero-order valence-electron chi connectivity index (χ0n) is 9.62. The van der Waals surface area contributed by atoms with Crippen molar-refractivity contribution in [3.8, 4) is 10.4 Å². The summed E-state index contributed by atoms with van der Waals surface area (Å²) < 4.78 is 37.4. The molecular formula is C13H11F3S2. The summed E-state index contributed by atoms with van der Waals surface area (Å²) in [7, 11) is 0. The monoisotopic (exact) mass is 288 g/mol. The molecule has 0 fully saturated rings. The van der Waals surface area contributed by atoms with Gasteiger partial charge >= 0.3 is 6.18 Å². The fraction of sp³-hybridized carbons (Fsp3) is 0.231. The predicted molar refractivity (Wildman–Crippen MR) is 71.2 cm³/mol. The van der Waals surface area contributed by atoms with Crippen molar-refractivity contribution in [2.45, 2.75) is 18.0 Å². The minimum atomic E-state index is -4.27. The molecule has 18 heavy (non-hydrogen) atoms. The second-order valence-electron chi connectivity index (χ2n) is 3.62. The first-order chi connectivity index (χ1) is 8.52. The van der Waals surface area contributed by atoms with Gasteiger partial charge in [-0.3, -0.25) is 0 Å². The average molecular weight is 288 g/mol. The molecule has 2 rings (SSSR count). The summed E-state index contributed by atoms with van der Waals surface area (Å²) in [5.41, 5.74) is 0.237. The Labute approximate surface area is 112 Å². The van der Waals surface area contributed by atoms with E-state index < -0.39 is 11.7 Å². The minimum Gasteiger partial charge on any atom is -0.166 e. The highest BCUT2D eigenvalue weighted by atomic mass is 32.2. The second kappa shape index (κ2) is 5.36. The molecule has 0 atom stereocenters. The third-order valence-corrected chi connectivity index (χ3v) is 4.44. The largest absolute Gasteiger partial charge is 0.416 e. The molecule has 1 heterocycles. The Balaban J connectivity index is 2.32. The van der Waals surface area contributed by atoms with Crippen molar-refractivity contribution in [1.29, 1.82) is 0 Å². The third kappa shape index (κ3) is 2.90. The van der Waals surface area contributed by atoms with E-state index in [4.69, 9.17) is 0 Å². The second-order valence-corrected chi connectivity index (χ2v) is 5.84. The van der Waals surface area contributed by atoms with Crippen LogP contribution >= 0.6 is 23.1 Å². The summed E-state index contributed by atoms with van der Waals surface area (Å²) in [5, 5.41) is 1.96. The van der Waals surface area contributed by atoms with E-state index in [0.29, 0.717) is 0 Å². The lowest BCUT2D eigenvalue weighted by Gasteiger charge is -2.07. The molecule has 96 valence electrons. The van der Waals surface area contributed by atoms with Gasteiger partial charge in [0.25, 0.3) is 0 Å². The number of thioether (sulfide) groups is 1. The minimum absolute atomic E-state index is 0.604. The quantitative estimate of drug-likeness (QED) is 0.668. The van der Waals surface area contributed by atoms with Crippen LogP contribution < -0.4 is 0 Å². The van der Waals surface area contributed by atoms with E-state index in [1.165, 1.54) is 12.1 Å². The summed E-state index contributed by atoms with van der Waals surface area (Å²) in [5.74, 6) is 0.949. The van der Waals surface area contributed by atoms with Crippen LogP contribution in [0.5, 0.6) is 0 Å². The van der Waals surface area contributed by atoms with Gasteiger partial charge < -0.3 is 0 Å². The zero-order chi connectivity index (χ0) is 13.2. The van der Waals surface area contributed by atoms with Gasteiger partial charge in [0.05, 0.1) is 5.56 Å². The van der Waals surface area contributed by atoms with Gasteiger partial charge in [0, 0.05) is 9.77 Å². The van der Waals surface area contributed by atoms with Gasteiger partial charge in [-0.05, 0) is 34.9 Å². The van der Waals surface area contributed by atoms with Crippen LogP contribution in [-0.4, -0.2) is 5.75 Å². The van der Waals surface area contributed by atoms with Crippen LogP contribution in [0.1, 0.15) is 12.5 Å². The summed E-state index contributed by atoms with van der Waals surface area (Å²) in [6.07, 6.45) is -4.27. The lowest BCUT2D eigenvalue weighted by atomic mass is 10.1. The van der Waals surface area contributed by atoms with Gasteiger partial charge in [-0.2, -0.15) is 13.2 Å². The Morgan fingerprint density at radius 3 is 2.33 bits per heavy atom. The molecule has 0 saturated carbocycles. The van der Waals surface area contributed by atoms with Gasteiger partial charge in [0.1, 0.15) is 0 Å². The van der Waals surface area contributed by atoms with Crippen molar-refractivity contribution >= 4 is 23.1 Å². The normalized spacial score (nSPS) is 11.8. The number of rotatable bonds is 3. The lowest BCUT2D eigenvalue weighted by Crippen LogP contribution is -2.03. The number of hydrogen-bond acceptors (Lipinski definition) is 2. The van der Waals surface area contributed by atoms with Crippen molar-refractivity contribution < 1.29 is 13.2 Å². The number of thiophene rings is 1. The first-order valence-corrected chi connectivity index (χ1v) is 7.27. The molecule has 0 radical (unpaired) electrons. The van der Waals surface area contributed by atoms with Gasteiger partial charge in [0.15, 0.2) is 0 Å². The number of hydrogen-bond donors (Lipinski definition) is 0.